The number of halogens is 3. The van der Waals surface area contributed by atoms with E-state index in [-0.39, 0.29) is 0 Å². The van der Waals surface area contributed by atoms with Crippen molar-refractivity contribution in [1.29, 1.82) is 0 Å². The third-order valence-corrected chi connectivity index (χ3v) is 3.65. The van der Waals surface area contributed by atoms with Gasteiger partial charge in [-0.2, -0.15) is 0 Å². The van der Waals surface area contributed by atoms with E-state index < -0.39 is 0 Å². The van der Waals surface area contributed by atoms with Gasteiger partial charge in [-0.1, -0.05) is 55.6 Å². The average Bonchev–Trinajstić information content (AvgIpc) is 2.35. The van der Waals surface area contributed by atoms with Crippen LogP contribution in [0.25, 0.3) is 0 Å². The summed E-state index contributed by atoms with van der Waals surface area (Å²) in [7, 11) is 0. The average molecular weight is 376 g/mol. The fourth-order valence-electron chi connectivity index (χ4n) is 1.33. The molecule has 0 spiro atoms. The van der Waals surface area contributed by atoms with Crippen molar-refractivity contribution in [3.8, 4) is 11.5 Å². The number of alkyl halides is 1. The topological polar surface area (TPSA) is 9.23 Å². The molecule has 0 atom stereocenters. The lowest BCUT2D eigenvalue weighted by Crippen LogP contribution is -1.86. The maximum atomic E-state index is 6.05. The first kappa shape index (κ1) is 12.9. The van der Waals surface area contributed by atoms with Crippen LogP contribution < -0.4 is 4.74 Å². The van der Waals surface area contributed by atoms with Gasteiger partial charge in [-0.05, 0) is 35.9 Å². The van der Waals surface area contributed by atoms with Gasteiger partial charge in [0, 0.05) is 9.80 Å². The number of rotatable bonds is 3. The first-order valence-electron chi connectivity index (χ1n) is 4.97. The van der Waals surface area contributed by atoms with Gasteiger partial charge in [-0.15, -0.1) is 0 Å². The van der Waals surface area contributed by atoms with Crippen LogP contribution >= 0.6 is 43.5 Å². The van der Waals surface area contributed by atoms with Gasteiger partial charge in [-0.25, -0.2) is 0 Å². The summed E-state index contributed by atoms with van der Waals surface area (Å²) in [5.41, 5.74) is 1.21. The van der Waals surface area contributed by atoms with Crippen molar-refractivity contribution < 1.29 is 4.74 Å². The minimum Gasteiger partial charge on any atom is -0.456 e. The van der Waals surface area contributed by atoms with Gasteiger partial charge in [-0.3, -0.25) is 0 Å². The zero-order valence-corrected chi connectivity index (χ0v) is 12.7. The Balaban J connectivity index is 2.22. The Morgan fingerprint density at radius 3 is 2.41 bits per heavy atom. The lowest BCUT2D eigenvalue weighted by molar-refractivity contribution is 0.482. The molecular weight excluding hydrogens is 367 g/mol. The van der Waals surface area contributed by atoms with E-state index in [0.717, 1.165) is 15.6 Å². The predicted octanol–water partition coefficient (Wildman–Crippen LogP) is 5.79. The fraction of sp³-hybridized carbons (Fsp3) is 0.0769. The molecule has 17 heavy (non-hydrogen) atoms. The van der Waals surface area contributed by atoms with Gasteiger partial charge < -0.3 is 4.74 Å². The molecule has 0 aromatic heterocycles. The highest BCUT2D eigenvalue weighted by Gasteiger charge is 2.03. The fourth-order valence-corrected chi connectivity index (χ4v) is 2.20. The Labute approximate surface area is 122 Å². The molecule has 4 heteroatoms. The molecule has 0 heterocycles. The number of benzene rings is 2. The summed E-state index contributed by atoms with van der Waals surface area (Å²) >= 11 is 12.8. The highest BCUT2D eigenvalue weighted by molar-refractivity contribution is 9.10. The van der Waals surface area contributed by atoms with E-state index in [1.54, 1.807) is 6.07 Å². The second-order valence-corrected chi connectivity index (χ2v) is 5.34. The van der Waals surface area contributed by atoms with Crippen LogP contribution in [-0.4, -0.2) is 0 Å². The molecule has 2 aromatic carbocycles. The highest BCUT2D eigenvalue weighted by atomic mass is 79.9. The van der Waals surface area contributed by atoms with Gasteiger partial charge in [0.15, 0.2) is 0 Å². The van der Waals surface area contributed by atoms with E-state index in [0.29, 0.717) is 10.8 Å². The van der Waals surface area contributed by atoms with E-state index in [1.807, 2.05) is 36.4 Å². The van der Waals surface area contributed by atoms with Crippen molar-refractivity contribution in [1.82, 2.24) is 0 Å². The molecule has 0 saturated heterocycles. The molecule has 0 saturated carbocycles. The summed E-state index contributed by atoms with van der Waals surface area (Å²) < 4.78 is 6.65. The third kappa shape index (κ3) is 3.47. The monoisotopic (exact) mass is 374 g/mol. The zero-order chi connectivity index (χ0) is 12.3. The molecule has 0 unspecified atom stereocenters. The van der Waals surface area contributed by atoms with Crippen molar-refractivity contribution in [2.45, 2.75) is 5.33 Å². The van der Waals surface area contributed by atoms with Crippen molar-refractivity contribution in [3.63, 3.8) is 0 Å². The molecule has 0 aliphatic heterocycles. The molecule has 0 N–H and O–H groups in total. The minimum atomic E-state index is 0.595. The van der Waals surface area contributed by atoms with Gasteiger partial charge >= 0.3 is 0 Å². The van der Waals surface area contributed by atoms with Crippen LogP contribution in [-0.2, 0) is 5.33 Å². The minimum absolute atomic E-state index is 0.595. The smallest absolute Gasteiger partial charge is 0.147 e. The Morgan fingerprint density at radius 2 is 1.76 bits per heavy atom. The Morgan fingerprint density at radius 1 is 1.06 bits per heavy atom. The summed E-state index contributed by atoms with van der Waals surface area (Å²) in [4.78, 5) is 0. The van der Waals surface area contributed by atoms with Gasteiger partial charge in [0.1, 0.15) is 11.5 Å². The van der Waals surface area contributed by atoms with E-state index in [1.165, 1.54) is 5.56 Å². The van der Waals surface area contributed by atoms with E-state index in [2.05, 4.69) is 31.9 Å². The van der Waals surface area contributed by atoms with Crippen molar-refractivity contribution in [2.75, 3.05) is 0 Å². The summed E-state index contributed by atoms with van der Waals surface area (Å²) in [5, 5.41) is 1.43. The van der Waals surface area contributed by atoms with Crippen LogP contribution in [0.3, 0.4) is 0 Å². The lowest BCUT2D eigenvalue weighted by Gasteiger charge is -2.08. The van der Waals surface area contributed by atoms with Crippen LogP contribution in [0.1, 0.15) is 5.56 Å². The summed E-state index contributed by atoms with van der Waals surface area (Å²) in [5.74, 6) is 1.42. The number of ether oxygens (including phenoxy) is 1. The highest BCUT2D eigenvalue weighted by Crippen LogP contribution is 2.32. The first-order chi connectivity index (χ1) is 8.19. The van der Waals surface area contributed by atoms with Gasteiger partial charge in [0.2, 0.25) is 0 Å². The predicted molar refractivity (Wildman–Crippen MR) is 78.3 cm³/mol. The number of hydrogen-bond acceptors (Lipinski definition) is 1. The normalized spacial score (nSPS) is 10.3. The largest absolute Gasteiger partial charge is 0.456 e. The molecule has 88 valence electrons. The SMILES string of the molecule is Clc1ccc(Br)cc1Oc1ccc(CBr)cc1. The van der Waals surface area contributed by atoms with Crippen molar-refractivity contribution in [3.05, 3.63) is 57.5 Å². The summed E-state index contributed by atoms with van der Waals surface area (Å²) in [6, 6.07) is 13.4. The molecule has 0 aliphatic carbocycles. The molecule has 0 aliphatic rings. The molecule has 0 fully saturated rings. The molecule has 0 bridgehead atoms. The quantitative estimate of drug-likeness (QED) is 0.616. The van der Waals surface area contributed by atoms with Crippen LogP contribution in [0.4, 0.5) is 0 Å². The third-order valence-electron chi connectivity index (χ3n) is 2.20. The molecule has 0 amide bonds. The molecular formula is C13H9Br2ClO. The van der Waals surface area contributed by atoms with E-state index >= 15 is 0 Å². The van der Waals surface area contributed by atoms with Crippen LogP contribution in [0, 0.1) is 0 Å². The standard InChI is InChI=1S/C13H9Br2ClO/c14-8-9-1-4-11(5-2-9)17-13-7-10(15)3-6-12(13)16/h1-7H,8H2. The maximum Gasteiger partial charge on any atom is 0.147 e. The van der Waals surface area contributed by atoms with Gasteiger partial charge in [0.05, 0.1) is 5.02 Å². The number of hydrogen-bond donors (Lipinski definition) is 0. The summed E-state index contributed by atoms with van der Waals surface area (Å²) in [6.07, 6.45) is 0. The molecule has 2 aromatic rings. The zero-order valence-electron chi connectivity index (χ0n) is 8.79. The maximum absolute atomic E-state index is 6.05. The Kier molecular flexibility index (Phi) is 4.48. The van der Waals surface area contributed by atoms with Crippen molar-refractivity contribution in [2.24, 2.45) is 0 Å². The van der Waals surface area contributed by atoms with E-state index in [9.17, 15) is 0 Å². The van der Waals surface area contributed by atoms with Crippen LogP contribution in [0.5, 0.6) is 11.5 Å². The second-order valence-electron chi connectivity index (χ2n) is 3.45. The Hall–Kier alpha value is -0.510. The van der Waals surface area contributed by atoms with Crippen molar-refractivity contribution >= 4 is 43.5 Å². The van der Waals surface area contributed by atoms with E-state index in [4.69, 9.17) is 16.3 Å². The summed E-state index contributed by atoms with van der Waals surface area (Å²) in [6.45, 7) is 0. The first-order valence-corrected chi connectivity index (χ1v) is 7.26. The Bertz CT molecular complexity index is 511. The van der Waals surface area contributed by atoms with Crippen LogP contribution in [0.2, 0.25) is 5.02 Å². The lowest BCUT2D eigenvalue weighted by atomic mass is 10.2. The van der Waals surface area contributed by atoms with Crippen LogP contribution in [0.15, 0.2) is 46.9 Å². The molecule has 2 rings (SSSR count). The van der Waals surface area contributed by atoms with Gasteiger partial charge in [0.25, 0.3) is 0 Å². The molecule has 0 radical (unpaired) electrons. The second kappa shape index (κ2) is 5.89. The molecule has 1 nitrogen and oxygen atoms in total.